The molecule has 2 saturated heterocycles. The summed E-state index contributed by atoms with van der Waals surface area (Å²) in [5.74, 6) is -0.256. The lowest BCUT2D eigenvalue weighted by Gasteiger charge is -2.32. The SMILES string of the molecule is CCc1ccc(S(=O)(=O)N2C[C@@H](F)C[C@H]2C(=O)N2CCCCC2)cc1. The van der Waals surface area contributed by atoms with Crippen LogP contribution >= 0.6 is 0 Å². The first-order valence-corrected chi connectivity index (χ1v) is 10.4. The third kappa shape index (κ3) is 3.72. The molecule has 0 spiro atoms. The summed E-state index contributed by atoms with van der Waals surface area (Å²) in [7, 11) is -3.88. The largest absolute Gasteiger partial charge is 0.341 e. The quantitative estimate of drug-likeness (QED) is 0.820. The van der Waals surface area contributed by atoms with Crippen LogP contribution in [0.5, 0.6) is 0 Å². The Kier molecular flexibility index (Phi) is 5.43. The molecule has 0 aromatic heterocycles. The maximum absolute atomic E-state index is 14.0. The molecule has 2 heterocycles. The second kappa shape index (κ2) is 7.41. The number of alkyl halides is 1. The second-order valence-corrected chi connectivity index (χ2v) is 8.70. The van der Waals surface area contributed by atoms with E-state index in [4.69, 9.17) is 0 Å². The lowest BCUT2D eigenvalue weighted by atomic mass is 10.1. The molecule has 1 aromatic rings. The Morgan fingerprint density at radius 1 is 1.16 bits per heavy atom. The molecule has 2 aliphatic heterocycles. The topological polar surface area (TPSA) is 57.7 Å². The van der Waals surface area contributed by atoms with Gasteiger partial charge in [0.25, 0.3) is 0 Å². The molecule has 138 valence electrons. The van der Waals surface area contributed by atoms with Gasteiger partial charge in [0.05, 0.1) is 4.90 Å². The molecule has 25 heavy (non-hydrogen) atoms. The van der Waals surface area contributed by atoms with Gasteiger partial charge < -0.3 is 4.90 Å². The van der Waals surface area contributed by atoms with Gasteiger partial charge in [-0.2, -0.15) is 4.31 Å². The van der Waals surface area contributed by atoms with E-state index in [-0.39, 0.29) is 23.8 Å². The first-order valence-electron chi connectivity index (χ1n) is 8.97. The minimum Gasteiger partial charge on any atom is -0.341 e. The number of aryl methyl sites for hydroxylation is 1. The lowest BCUT2D eigenvalue weighted by molar-refractivity contribution is -0.135. The molecule has 5 nitrogen and oxygen atoms in total. The van der Waals surface area contributed by atoms with E-state index in [2.05, 4.69) is 0 Å². The third-order valence-corrected chi connectivity index (χ3v) is 6.98. The molecule has 7 heteroatoms. The van der Waals surface area contributed by atoms with Crippen LogP contribution in [0.15, 0.2) is 29.2 Å². The van der Waals surface area contributed by atoms with Crippen LogP contribution in [0.25, 0.3) is 0 Å². The van der Waals surface area contributed by atoms with Crippen molar-refractivity contribution in [3.8, 4) is 0 Å². The Bertz CT molecular complexity index is 714. The standard InChI is InChI=1S/C18H25FN2O3S/c1-2-14-6-8-16(9-7-14)25(23,24)21-13-15(19)12-17(21)18(22)20-10-4-3-5-11-20/h6-9,15,17H,2-5,10-13H2,1H3/t15-,17-/m0/s1. The molecular formula is C18H25FN2O3S. The van der Waals surface area contributed by atoms with Gasteiger partial charge in [0.2, 0.25) is 15.9 Å². The van der Waals surface area contributed by atoms with Crippen LogP contribution in [-0.2, 0) is 21.2 Å². The number of sulfonamides is 1. The maximum Gasteiger partial charge on any atom is 0.243 e. The number of nitrogens with zero attached hydrogens (tertiary/aromatic N) is 2. The summed E-state index contributed by atoms with van der Waals surface area (Å²) in [6, 6.07) is 5.68. The van der Waals surface area contributed by atoms with Crippen molar-refractivity contribution in [1.29, 1.82) is 0 Å². The van der Waals surface area contributed by atoms with Gasteiger partial charge in [-0.25, -0.2) is 12.8 Å². The number of rotatable bonds is 4. The molecule has 1 amide bonds. The van der Waals surface area contributed by atoms with E-state index in [1.807, 2.05) is 6.92 Å². The number of halogens is 1. The van der Waals surface area contributed by atoms with E-state index >= 15 is 0 Å². The van der Waals surface area contributed by atoms with Crippen molar-refractivity contribution >= 4 is 15.9 Å². The van der Waals surface area contributed by atoms with Crippen molar-refractivity contribution in [2.24, 2.45) is 0 Å². The Balaban J connectivity index is 1.85. The molecular weight excluding hydrogens is 343 g/mol. The zero-order valence-electron chi connectivity index (χ0n) is 14.5. The normalized spacial score (nSPS) is 25.3. The number of carbonyl (C=O) groups is 1. The molecule has 0 saturated carbocycles. The molecule has 2 aliphatic rings. The number of hydrogen-bond acceptors (Lipinski definition) is 3. The van der Waals surface area contributed by atoms with Gasteiger partial charge in [-0.1, -0.05) is 19.1 Å². The Hall–Kier alpha value is -1.47. The molecule has 0 radical (unpaired) electrons. The Morgan fingerprint density at radius 2 is 1.80 bits per heavy atom. The van der Waals surface area contributed by atoms with Crippen molar-refractivity contribution in [2.45, 2.75) is 56.1 Å². The second-order valence-electron chi connectivity index (χ2n) is 6.81. The minimum atomic E-state index is -3.88. The van der Waals surface area contributed by atoms with Gasteiger partial charge in [0, 0.05) is 26.1 Å². The molecule has 2 fully saturated rings. The zero-order valence-corrected chi connectivity index (χ0v) is 15.3. The van der Waals surface area contributed by atoms with Gasteiger partial charge in [0.15, 0.2) is 0 Å². The lowest BCUT2D eigenvalue weighted by Crippen LogP contribution is -2.49. The number of hydrogen-bond donors (Lipinski definition) is 0. The summed E-state index contributed by atoms with van der Waals surface area (Å²) >= 11 is 0. The van der Waals surface area contributed by atoms with Gasteiger partial charge >= 0.3 is 0 Å². The summed E-state index contributed by atoms with van der Waals surface area (Å²) in [4.78, 5) is 14.6. The smallest absolute Gasteiger partial charge is 0.243 e. The van der Waals surface area contributed by atoms with Crippen LogP contribution in [0.3, 0.4) is 0 Å². The fourth-order valence-corrected chi connectivity index (χ4v) is 5.22. The number of carbonyl (C=O) groups excluding carboxylic acids is 1. The highest BCUT2D eigenvalue weighted by Gasteiger charge is 2.45. The van der Waals surface area contributed by atoms with Crippen molar-refractivity contribution in [3.63, 3.8) is 0 Å². The average Bonchev–Trinajstić information content (AvgIpc) is 3.04. The summed E-state index contributed by atoms with van der Waals surface area (Å²) in [5, 5.41) is 0. The van der Waals surface area contributed by atoms with E-state index in [1.54, 1.807) is 29.2 Å². The zero-order chi connectivity index (χ0) is 18.0. The van der Waals surface area contributed by atoms with E-state index < -0.39 is 22.2 Å². The molecule has 0 N–H and O–H groups in total. The molecule has 0 aliphatic carbocycles. The van der Waals surface area contributed by atoms with Crippen molar-refractivity contribution in [2.75, 3.05) is 19.6 Å². The number of benzene rings is 1. The van der Waals surface area contributed by atoms with E-state index in [0.717, 1.165) is 35.6 Å². The highest BCUT2D eigenvalue weighted by molar-refractivity contribution is 7.89. The molecule has 0 bridgehead atoms. The van der Waals surface area contributed by atoms with Crippen molar-refractivity contribution in [1.82, 2.24) is 9.21 Å². The van der Waals surface area contributed by atoms with Crippen LogP contribution in [-0.4, -0.2) is 55.4 Å². The number of amides is 1. The fraction of sp³-hybridized carbons (Fsp3) is 0.611. The summed E-state index contributed by atoms with van der Waals surface area (Å²) in [6.07, 6.45) is 2.37. The first-order chi connectivity index (χ1) is 11.9. The minimum absolute atomic E-state index is 0.0540. The predicted molar refractivity (Wildman–Crippen MR) is 93.4 cm³/mol. The van der Waals surface area contributed by atoms with Crippen LogP contribution in [0.1, 0.15) is 38.2 Å². The highest BCUT2D eigenvalue weighted by atomic mass is 32.2. The summed E-state index contributed by atoms with van der Waals surface area (Å²) in [6.45, 7) is 3.00. The van der Waals surface area contributed by atoms with Crippen molar-refractivity contribution in [3.05, 3.63) is 29.8 Å². The van der Waals surface area contributed by atoms with E-state index in [9.17, 15) is 17.6 Å². The molecule has 1 aromatic carbocycles. The van der Waals surface area contributed by atoms with E-state index in [1.165, 1.54) is 0 Å². The van der Waals surface area contributed by atoms with Gasteiger partial charge in [0.1, 0.15) is 12.2 Å². The van der Waals surface area contributed by atoms with Gasteiger partial charge in [-0.3, -0.25) is 4.79 Å². The number of likely N-dealkylation sites (tertiary alicyclic amines) is 1. The molecule has 3 rings (SSSR count). The Labute approximate surface area is 148 Å². The number of piperidine rings is 1. The maximum atomic E-state index is 14.0. The summed E-state index contributed by atoms with van der Waals surface area (Å²) in [5.41, 5.74) is 1.03. The van der Waals surface area contributed by atoms with Crippen LogP contribution in [0, 0.1) is 0 Å². The third-order valence-electron chi connectivity index (χ3n) is 5.10. The van der Waals surface area contributed by atoms with Crippen LogP contribution in [0.4, 0.5) is 4.39 Å². The Morgan fingerprint density at radius 3 is 2.40 bits per heavy atom. The molecule has 0 unspecified atom stereocenters. The van der Waals surface area contributed by atoms with Crippen LogP contribution in [0.2, 0.25) is 0 Å². The van der Waals surface area contributed by atoms with Crippen molar-refractivity contribution < 1.29 is 17.6 Å². The fourth-order valence-electron chi connectivity index (χ4n) is 3.60. The predicted octanol–water partition coefficient (Wildman–Crippen LogP) is 2.36. The summed E-state index contributed by atoms with van der Waals surface area (Å²) < 4.78 is 41.0. The van der Waals surface area contributed by atoms with Gasteiger partial charge in [-0.15, -0.1) is 0 Å². The average molecular weight is 368 g/mol. The van der Waals surface area contributed by atoms with Crippen LogP contribution < -0.4 is 0 Å². The molecule has 2 atom stereocenters. The highest BCUT2D eigenvalue weighted by Crippen LogP contribution is 2.30. The van der Waals surface area contributed by atoms with E-state index in [0.29, 0.717) is 13.1 Å². The first kappa shape index (κ1) is 18.3. The van der Waals surface area contributed by atoms with Gasteiger partial charge in [-0.05, 0) is 43.4 Å². The monoisotopic (exact) mass is 368 g/mol.